The van der Waals surface area contributed by atoms with Crippen molar-refractivity contribution in [3.8, 4) is 0 Å². The Kier molecular flexibility index (Phi) is 7.94. The fourth-order valence-corrected chi connectivity index (χ4v) is 2.19. The van der Waals surface area contributed by atoms with Crippen LogP contribution >= 0.6 is 0 Å². The predicted octanol–water partition coefficient (Wildman–Crippen LogP) is 2.97. The van der Waals surface area contributed by atoms with Gasteiger partial charge < -0.3 is 10.1 Å². The van der Waals surface area contributed by atoms with Gasteiger partial charge in [-0.25, -0.2) is 0 Å². The summed E-state index contributed by atoms with van der Waals surface area (Å²) in [6, 6.07) is 0. The van der Waals surface area contributed by atoms with Gasteiger partial charge in [-0.05, 0) is 31.7 Å². The lowest BCUT2D eigenvalue weighted by Gasteiger charge is -2.21. The third-order valence-electron chi connectivity index (χ3n) is 3.22. The van der Waals surface area contributed by atoms with Crippen LogP contribution in [-0.4, -0.2) is 26.3 Å². The molecule has 0 heterocycles. The number of nitrogens with one attached hydrogen (secondary N) is 1. The van der Waals surface area contributed by atoms with Crippen LogP contribution in [0.2, 0.25) is 0 Å². The summed E-state index contributed by atoms with van der Waals surface area (Å²) in [6.07, 6.45) is 9.64. The van der Waals surface area contributed by atoms with E-state index in [2.05, 4.69) is 12.2 Å². The van der Waals surface area contributed by atoms with Gasteiger partial charge in [0.15, 0.2) is 0 Å². The highest BCUT2D eigenvalue weighted by Gasteiger charge is 2.11. The zero-order valence-corrected chi connectivity index (χ0v) is 10.3. The Labute approximate surface area is 94.8 Å². The summed E-state index contributed by atoms with van der Waals surface area (Å²) in [5.74, 6) is 0.939. The summed E-state index contributed by atoms with van der Waals surface area (Å²) >= 11 is 0. The van der Waals surface area contributed by atoms with Crippen LogP contribution in [0.3, 0.4) is 0 Å². The van der Waals surface area contributed by atoms with E-state index >= 15 is 0 Å². The van der Waals surface area contributed by atoms with Crippen molar-refractivity contribution >= 4 is 0 Å². The molecule has 90 valence electrons. The molecule has 0 aromatic rings. The van der Waals surface area contributed by atoms with E-state index in [1.54, 1.807) is 0 Å². The number of unbranched alkanes of at least 4 members (excludes halogenated alkanes) is 1. The molecule has 0 aromatic heterocycles. The maximum Gasteiger partial charge on any atom is 0.0590 e. The highest BCUT2D eigenvalue weighted by atomic mass is 16.5. The summed E-state index contributed by atoms with van der Waals surface area (Å²) < 4.78 is 5.50. The van der Waals surface area contributed by atoms with Crippen molar-refractivity contribution in [2.24, 2.45) is 5.92 Å². The van der Waals surface area contributed by atoms with Gasteiger partial charge in [-0.3, -0.25) is 0 Å². The van der Waals surface area contributed by atoms with Crippen LogP contribution < -0.4 is 5.32 Å². The van der Waals surface area contributed by atoms with Gasteiger partial charge in [-0.15, -0.1) is 0 Å². The Bertz CT molecular complexity index is 132. The maximum absolute atomic E-state index is 5.50. The van der Waals surface area contributed by atoms with Crippen LogP contribution in [0.5, 0.6) is 0 Å². The van der Waals surface area contributed by atoms with E-state index in [0.717, 1.165) is 25.7 Å². The van der Waals surface area contributed by atoms with Crippen molar-refractivity contribution in [3.05, 3.63) is 0 Å². The fourth-order valence-electron chi connectivity index (χ4n) is 2.19. The Morgan fingerprint density at radius 2 is 1.93 bits per heavy atom. The van der Waals surface area contributed by atoms with E-state index < -0.39 is 0 Å². The molecule has 1 fully saturated rings. The quantitative estimate of drug-likeness (QED) is 0.626. The monoisotopic (exact) mass is 213 g/mol. The molecule has 0 bridgehead atoms. The molecule has 2 nitrogen and oxygen atoms in total. The van der Waals surface area contributed by atoms with Crippen LogP contribution in [0.25, 0.3) is 0 Å². The largest absolute Gasteiger partial charge is 0.380 e. The van der Waals surface area contributed by atoms with E-state index in [1.165, 1.54) is 51.5 Å². The minimum Gasteiger partial charge on any atom is -0.380 e. The van der Waals surface area contributed by atoms with Gasteiger partial charge in [0.1, 0.15) is 0 Å². The molecule has 0 amide bonds. The van der Waals surface area contributed by atoms with E-state index in [9.17, 15) is 0 Å². The molecule has 1 aliphatic rings. The smallest absolute Gasteiger partial charge is 0.0590 e. The molecule has 0 unspecified atom stereocenters. The van der Waals surface area contributed by atoms with Gasteiger partial charge >= 0.3 is 0 Å². The van der Waals surface area contributed by atoms with Gasteiger partial charge in [0.2, 0.25) is 0 Å². The van der Waals surface area contributed by atoms with E-state index in [0.29, 0.717) is 0 Å². The Morgan fingerprint density at radius 3 is 2.67 bits per heavy atom. The highest BCUT2D eigenvalue weighted by molar-refractivity contribution is 4.67. The number of rotatable bonds is 8. The number of ether oxygens (including phenoxy) is 1. The van der Waals surface area contributed by atoms with E-state index in [4.69, 9.17) is 4.74 Å². The van der Waals surface area contributed by atoms with Crippen LogP contribution in [0, 0.1) is 5.92 Å². The van der Waals surface area contributed by atoms with Crippen molar-refractivity contribution < 1.29 is 4.74 Å². The normalized spacial score (nSPS) is 18.2. The zero-order chi connectivity index (χ0) is 10.8. The average molecular weight is 213 g/mol. The van der Waals surface area contributed by atoms with Gasteiger partial charge in [-0.2, -0.15) is 0 Å². The first-order valence-corrected chi connectivity index (χ1v) is 6.72. The zero-order valence-electron chi connectivity index (χ0n) is 10.3. The molecule has 0 aromatic carbocycles. The molecule has 1 aliphatic carbocycles. The Hall–Kier alpha value is -0.0800. The molecule has 1 saturated carbocycles. The molecular weight excluding hydrogens is 186 g/mol. The average Bonchev–Trinajstić information content (AvgIpc) is 2.29. The van der Waals surface area contributed by atoms with Crippen LogP contribution in [0.15, 0.2) is 0 Å². The second-order valence-corrected chi connectivity index (χ2v) is 4.67. The second kappa shape index (κ2) is 9.17. The Balaban J connectivity index is 1.79. The van der Waals surface area contributed by atoms with Gasteiger partial charge in [-0.1, -0.05) is 32.6 Å². The molecule has 0 aliphatic heterocycles. The van der Waals surface area contributed by atoms with Gasteiger partial charge in [0, 0.05) is 13.2 Å². The molecule has 0 spiro atoms. The standard InChI is InChI=1S/C13H27NO/c1-2-3-10-15-11-9-14-12-13-7-5-4-6-8-13/h13-14H,2-12H2,1H3. The minimum atomic E-state index is 0.882. The number of hydrogen-bond donors (Lipinski definition) is 1. The fraction of sp³-hybridized carbons (Fsp3) is 1.00. The lowest BCUT2D eigenvalue weighted by atomic mass is 9.89. The number of hydrogen-bond acceptors (Lipinski definition) is 2. The third kappa shape index (κ3) is 6.91. The Morgan fingerprint density at radius 1 is 1.13 bits per heavy atom. The van der Waals surface area contributed by atoms with E-state index in [1.807, 2.05) is 0 Å². The molecule has 0 radical (unpaired) electrons. The first-order chi connectivity index (χ1) is 7.43. The lowest BCUT2D eigenvalue weighted by Crippen LogP contribution is -2.27. The van der Waals surface area contributed by atoms with Crippen molar-refractivity contribution in [1.29, 1.82) is 0 Å². The third-order valence-corrected chi connectivity index (χ3v) is 3.22. The SMILES string of the molecule is CCCCOCCNCC1CCCCC1. The molecular formula is C13H27NO. The van der Waals surface area contributed by atoms with Gasteiger partial charge in [0.05, 0.1) is 6.61 Å². The molecule has 2 heteroatoms. The topological polar surface area (TPSA) is 21.3 Å². The first kappa shape index (κ1) is 13.0. The van der Waals surface area contributed by atoms with E-state index in [-0.39, 0.29) is 0 Å². The molecule has 0 saturated heterocycles. The highest BCUT2D eigenvalue weighted by Crippen LogP contribution is 2.22. The van der Waals surface area contributed by atoms with Gasteiger partial charge in [0.25, 0.3) is 0 Å². The van der Waals surface area contributed by atoms with Crippen LogP contribution in [0.4, 0.5) is 0 Å². The summed E-state index contributed by atoms with van der Waals surface area (Å²) in [7, 11) is 0. The van der Waals surface area contributed by atoms with Crippen molar-refractivity contribution in [2.45, 2.75) is 51.9 Å². The molecule has 1 N–H and O–H groups in total. The van der Waals surface area contributed by atoms with Crippen molar-refractivity contribution in [3.63, 3.8) is 0 Å². The summed E-state index contributed by atoms with van der Waals surface area (Å²) in [5, 5.41) is 3.51. The summed E-state index contributed by atoms with van der Waals surface area (Å²) in [4.78, 5) is 0. The summed E-state index contributed by atoms with van der Waals surface area (Å²) in [5.41, 5.74) is 0. The molecule has 15 heavy (non-hydrogen) atoms. The van der Waals surface area contributed by atoms with Crippen LogP contribution in [0.1, 0.15) is 51.9 Å². The predicted molar refractivity (Wildman–Crippen MR) is 65.2 cm³/mol. The van der Waals surface area contributed by atoms with Crippen molar-refractivity contribution in [1.82, 2.24) is 5.32 Å². The lowest BCUT2D eigenvalue weighted by molar-refractivity contribution is 0.131. The second-order valence-electron chi connectivity index (χ2n) is 4.67. The van der Waals surface area contributed by atoms with Crippen LogP contribution in [-0.2, 0) is 4.74 Å². The maximum atomic E-state index is 5.50. The minimum absolute atomic E-state index is 0.882. The summed E-state index contributed by atoms with van der Waals surface area (Å²) in [6.45, 7) is 6.25. The molecule has 1 rings (SSSR count). The molecule has 0 atom stereocenters. The van der Waals surface area contributed by atoms with Crippen molar-refractivity contribution in [2.75, 3.05) is 26.3 Å². The first-order valence-electron chi connectivity index (χ1n) is 6.72.